The normalized spacial score (nSPS) is 50.9. The monoisotopic (exact) mass is 422 g/mol. The molecule has 2 bridgehead atoms. The molecule has 7 heteroatoms. The zero-order valence-electron chi connectivity index (χ0n) is 18.7. The van der Waals surface area contributed by atoms with Crippen molar-refractivity contribution in [1.82, 2.24) is 10.2 Å². The van der Waals surface area contributed by atoms with Gasteiger partial charge < -0.3 is 24.6 Å². The second kappa shape index (κ2) is 7.14. The van der Waals surface area contributed by atoms with E-state index in [0.29, 0.717) is 17.9 Å². The van der Waals surface area contributed by atoms with Crippen LogP contribution in [0.3, 0.4) is 0 Å². The number of aliphatic hydroxyl groups excluding tert-OH is 1. The largest absolute Gasteiger partial charge is 0.480 e. The van der Waals surface area contributed by atoms with Crippen LogP contribution in [0.2, 0.25) is 0 Å². The van der Waals surface area contributed by atoms with Gasteiger partial charge in [0.05, 0.1) is 23.9 Å². The van der Waals surface area contributed by atoms with E-state index in [1.807, 2.05) is 21.0 Å². The van der Waals surface area contributed by atoms with Gasteiger partial charge in [-0.25, -0.2) is 0 Å². The Hall–Kier alpha value is -0.730. The van der Waals surface area contributed by atoms with Crippen molar-refractivity contribution in [3.63, 3.8) is 0 Å². The molecule has 3 N–H and O–H groups in total. The van der Waals surface area contributed by atoms with E-state index >= 15 is 0 Å². The molecular formula is C23H38N2O5. The Morgan fingerprint density at radius 3 is 2.70 bits per heavy atom. The van der Waals surface area contributed by atoms with Crippen LogP contribution in [0.5, 0.6) is 0 Å². The predicted octanol–water partition coefficient (Wildman–Crippen LogP) is 1.48. The number of hydrogen-bond donors (Lipinski definition) is 3. The van der Waals surface area contributed by atoms with Gasteiger partial charge in [0.25, 0.3) is 0 Å². The van der Waals surface area contributed by atoms with Crippen molar-refractivity contribution < 1.29 is 24.5 Å². The van der Waals surface area contributed by atoms with E-state index in [1.165, 1.54) is 0 Å². The van der Waals surface area contributed by atoms with E-state index in [0.717, 1.165) is 45.1 Å². The second-order valence-corrected chi connectivity index (χ2v) is 10.9. The lowest BCUT2D eigenvalue weighted by Gasteiger charge is -2.69. The van der Waals surface area contributed by atoms with Gasteiger partial charge in [-0.15, -0.1) is 0 Å². The fourth-order valence-corrected chi connectivity index (χ4v) is 8.51. The summed E-state index contributed by atoms with van der Waals surface area (Å²) in [5, 5.41) is 24.2. The van der Waals surface area contributed by atoms with Crippen LogP contribution in [0.1, 0.15) is 52.4 Å². The second-order valence-electron chi connectivity index (χ2n) is 10.9. The minimum Gasteiger partial charge on any atom is -0.480 e. The molecule has 2 heterocycles. The molecular weight excluding hydrogens is 384 g/mol. The van der Waals surface area contributed by atoms with E-state index in [1.54, 1.807) is 0 Å². The summed E-state index contributed by atoms with van der Waals surface area (Å²) in [6, 6.07) is -0.268. The lowest BCUT2D eigenvalue weighted by Crippen LogP contribution is -2.78. The third-order valence-electron chi connectivity index (χ3n) is 9.63. The van der Waals surface area contributed by atoms with E-state index in [9.17, 15) is 15.0 Å². The Kier molecular flexibility index (Phi) is 5.03. The van der Waals surface area contributed by atoms with Crippen LogP contribution in [0.4, 0.5) is 0 Å². The summed E-state index contributed by atoms with van der Waals surface area (Å²) in [4.78, 5) is 14.4. The standard InChI is InChI=1S/C23H38N2O5/c1-12(2)18(21(27)28)24-14-7-8-23(29-4)16-11-13-5-6-15(26)19-17(13)22(23,20(14)30-19)9-10-25(16)3/h12-20,24,26H,5-11H2,1-4H3,(H,27,28)/t13?,14-,15?,16?,17?,18+,19?,20+,22+,23-/m1/s1. The summed E-state index contributed by atoms with van der Waals surface area (Å²) in [6.07, 6.45) is 4.98. The molecule has 0 amide bonds. The molecule has 2 aliphatic heterocycles. The molecule has 30 heavy (non-hydrogen) atoms. The number of hydrogen-bond acceptors (Lipinski definition) is 6. The zero-order chi connectivity index (χ0) is 21.4. The highest BCUT2D eigenvalue weighted by atomic mass is 16.5. The highest BCUT2D eigenvalue weighted by molar-refractivity contribution is 5.73. The van der Waals surface area contributed by atoms with E-state index < -0.39 is 18.1 Å². The Labute approximate surface area is 179 Å². The number of aliphatic hydroxyl groups is 1. The van der Waals surface area contributed by atoms with Crippen molar-refractivity contribution in [3.8, 4) is 0 Å². The maximum absolute atomic E-state index is 11.9. The average molecular weight is 423 g/mol. The molecule has 2 saturated heterocycles. The van der Waals surface area contributed by atoms with Crippen LogP contribution < -0.4 is 5.32 Å². The summed E-state index contributed by atoms with van der Waals surface area (Å²) < 4.78 is 13.3. The van der Waals surface area contributed by atoms with Crippen molar-refractivity contribution in [1.29, 1.82) is 0 Å². The maximum Gasteiger partial charge on any atom is 0.320 e. The molecule has 3 saturated carbocycles. The minimum atomic E-state index is -0.802. The number of carboxylic acid groups (broad SMARTS) is 1. The highest BCUT2D eigenvalue weighted by Gasteiger charge is 2.78. The van der Waals surface area contributed by atoms with E-state index in [4.69, 9.17) is 9.47 Å². The molecule has 3 aliphatic carbocycles. The number of ether oxygens (including phenoxy) is 2. The van der Waals surface area contributed by atoms with Crippen LogP contribution in [0.25, 0.3) is 0 Å². The molecule has 5 rings (SSSR count). The highest BCUT2D eigenvalue weighted by Crippen LogP contribution is 2.70. The third kappa shape index (κ3) is 2.53. The van der Waals surface area contributed by atoms with Gasteiger partial charge in [-0.2, -0.15) is 0 Å². The first-order chi connectivity index (χ1) is 14.3. The molecule has 0 radical (unpaired) electrons. The summed E-state index contributed by atoms with van der Waals surface area (Å²) >= 11 is 0. The first kappa shape index (κ1) is 21.1. The zero-order valence-corrected chi connectivity index (χ0v) is 18.7. The Morgan fingerprint density at radius 1 is 1.27 bits per heavy atom. The van der Waals surface area contributed by atoms with Gasteiger partial charge in [-0.3, -0.25) is 10.1 Å². The summed E-state index contributed by atoms with van der Waals surface area (Å²) in [5.41, 5.74) is -0.448. The molecule has 5 aliphatic rings. The average Bonchev–Trinajstić information content (AvgIpc) is 3.06. The van der Waals surface area contributed by atoms with Crippen LogP contribution in [0.15, 0.2) is 0 Å². The van der Waals surface area contributed by atoms with Gasteiger partial charge >= 0.3 is 5.97 Å². The van der Waals surface area contributed by atoms with Crippen LogP contribution >= 0.6 is 0 Å². The van der Waals surface area contributed by atoms with Gasteiger partial charge in [0, 0.05) is 30.5 Å². The number of carboxylic acids is 1. The van der Waals surface area contributed by atoms with Gasteiger partial charge in [0.15, 0.2) is 0 Å². The third-order valence-corrected chi connectivity index (χ3v) is 9.63. The number of aliphatic carboxylic acids is 1. The van der Waals surface area contributed by atoms with Crippen LogP contribution in [0, 0.1) is 23.2 Å². The number of piperidine rings is 1. The van der Waals surface area contributed by atoms with Crippen molar-refractivity contribution in [2.24, 2.45) is 23.2 Å². The van der Waals surface area contributed by atoms with Crippen molar-refractivity contribution in [2.75, 3.05) is 20.7 Å². The van der Waals surface area contributed by atoms with Crippen molar-refractivity contribution in [3.05, 3.63) is 0 Å². The number of likely N-dealkylation sites (tertiary alicyclic amines) is 1. The van der Waals surface area contributed by atoms with Gasteiger partial charge in [-0.05, 0) is 64.0 Å². The molecule has 0 aromatic carbocycles. The SMILES string of the molecule is CO[C@]12CC[C@@H](N[C@H](C(=O)O)C(C)C)[C@@H]3OC4C(O)CCC5CC1N(C)CC[C@]32C54. The topological polar surface area (TPSA) is 91.3 Å². The number of nitrogens with zero attached hydrogens (tertiary/aromatic N) is 1. The fraction of sp³-hybridized carbons (Fsp3) is 0.957. The summed E-state index contributed by atoms with van der Waals surface area (Å²) in [5.74, 6) is 0.0265. The minimum absolute atomic E-state index is 0.00674. The predicted molar refractivity (Wildman–Crippen MR) is 111 cm³/mol. The van der Waals surface area contributed by atoms with Crippen molar-refractivity contribution in [2.45, 2.75) is 94.4 Å². The Morgan fingerprint density at radius 2 is 2.03 bits per heavy atom. The molecule has 0 aromatic rings. The number of rotatable bonds is 5. The Balaban J connectivity index is 1.59. The molecule has 7 nitrogen and oxygen atoms in total. The summed E-state index contributed by atoms with van der Waals surface area (Å²) in [7, 11) is 4.09. The quantitative estimate of drug-likeness (QED) is 0.618. The number of nitrogens with one attached hydrogen (secondary N) is 1. The van der Waals surface area contributed by atoms with Gasteiger partial charge in [0.2, 0.25) is 0 Å². The number of methoxy groups -OCH3 is 1. The lowest BCUT2D eigenvalue weighted by atomic mass is 9.42. The molecule has 0 aromatic heterocycles. The molecule has 5 unspecified atom stereocenters. The molecule has 5 fully saturated rings. The Bertz CT molecular complexity index is 703. The lowest BCUT2D eigenvalue weighted by molar-refractivity contribution is -0.269. The van der Waals surface area contributed by atoms with E-state index in [2.05, 4.69) is 17.3 Å². The van der Waals surface area contributed by atoms with Crippen LogP contribution in [-0.2, 0) is 14.3 Å². The van der Waals surface area contributed by atoms with E-state index in [-0.39, 0.29) is 35.2 Å². The summed E-state index contributed by atoms with van der Waals surface area (Å²) in [6.45, 7) is 4.90. The fourth-order valence-electron chi connectivity index (χ4n) is 8.51. The number of carbonyl (C=O) groups is 1. The number of likely N-dealkylation sites (N-methyl/N-ethyl adjacent to an activating group) is 1. The first-order valence-corrected chi connectivity index (χ1v) is 11.8. The first-order valence-electron chi connectivity index (χ1n) is 11.8. The maximum atomic E-state index is 11.9. The van der Waals surface area contributed by atoms with Crippen molar-refractivity contribution >= 4 is 5.97 Å². The molecule has 1 spiro atoms. The van der Waals surface area contributed by atoms with Crippen LogP contribution in [-0.4, -0.2) is 83.8 Å². The van der Waals surface area contributed by atoms with Gasteiger partial charge in [0.1, 0.15) is 6.04 Å². The molecule has 170 valence electrons. The van der Waals surface area contributed by atoms with Gasteiger partial charge in [-0.1, -0.05) is 13.8 Å². The molecule has 10 atom stereocenters. The smallest absolute Gasteiger partial charge is 0.320 e.